The van der Waals surface area contributed by atoms with Crippen molar-refractivity contribution >= 4 is 12.3 Å². The summed E-state index contributed by atoms with van der Waals surface area (Å²) in [6.07, 6.45) is 11.4. The van der Waals surface area contributed by atoms with Gasteiger partial charge in [-0.05, 0) is 97.3 Å². The van der Waals surface area contributed by atoms with E-state index in [1.165, 1.54) is 60.8 Å². The van der Waals surface area contributed by atoms with Crippen molar-refractivity contribution in [2.45, 2.75) is 75.0 Å². The summed E-state index contributed by atoms with van der Waals surface area (Å²) < 4.78 is 0. The molecule has 0 atom stereocenters. The van der Waals surface area contributed by atoms with Gasteiger partial charge in [0, 0.05) is 0 Å². The molecule has 3 aromatic rings. The third-order valence-corrected chi connectivity index (χ3v) is 8.45. The third-order valence-electron chi connectivity index (χ3n) is 8.45. The van der Waals surface area contributed by atoms with Crippen molar-refractivity contribution in [3.8, 4) is 0 Å². The Balaban J connectivity index is 0.00000169. The summed E-state index contributed by atoms with van der Waals surface area (Å²) in [6, 6.07) is 24.6. The molecule has 2 aliphatic rings. The van der Waals surface area contributed by atoms with Gasteiger partial charge in [0.2, 0.25) is 0 Å². The Kier molecular flexibility index (Phi) is 12.6. The van der Waals surface area contributed by atoms with Gasteiger partial charge < -0.3 is 20.2 Å². The number of rotatable bonds is 6. The quantitative estimate of drug-likeness (QED) is 0.362. The van der Waals surface area contributed by atoms with Crippen LogP contribution in [0.5, 0.6) is 0 Å². The number of carbonyl (C=O) groups excluding carboxylic acids is 2. The van der Waals surface area contributed by atoms with E-state index >= 15 is 0 Å². The van der Waals surface area contributed by atoms with Crippen LogP contribution in [0.15, 0.2) is 72.8 Å². The number of carboxylic acid groups (broad SMARTS) is 1. The largest absolute Gasteiger partial charge is 1.00 e. The molecule has 0 saturated heterocycles. The maximum absolute atomic E-state index is 11.0. The fraction of sp³-hybridized carbons (Fsp3) is 0.375. The number of carbonyl (C=O) groups is 1. The molecule has 188 valence electrons. The van der Waals surface area contributed by atoms with Crippen molar-refractivity contribution in [1.82, 2.24) is 0 Å². The second-order valence-electron chi connectivity index (χ2n) is 10.4. The van der Waals surface area contributed by atoms with Crippen molar-refractivity contribution in [2.75, 3.05) is 0 Å². The number of carboxylic acids is 1. The molecule has 6 heteroatoms. The van der Waals surface area contributed by atoms with Crippen LogP contribution >= 0.6 is 0 Å². The van der Waals surface area contributed by atoms with Crippen molar-refractivity contribution in [3.63, 3.8) is 0 Å². The molecule has 0 aliphatic heterocycles. The molecule has 0 spiro atoms. The first-order chi connectivity index (χ1) is 17.1. The molecule has 3 aromatic carbocycles. The zero-order valence-corrected chi connectivity index (χ0v) is 22.6. The second kappa shape index (κ2) is 14.9. The van der Waals surface area contributed by atoms with Crippen LogP contribution in [0, 0.1) is 0 Å². The Morgan fingerprint density at radius 2 is 0.816 bits per heavy atom. The van der Waals surface area contributed by atoms with E-state index in [0.29, 0.717) is 29.2 Å². The minimum absolute atomic E-state index is 0. The van der Waals surface area contributed by atoms with Crippen molar-refractivity contribution in [2.24, 2.45) is 0 Å². The Morgan fingerprint density at radius 1 is 0.553 bits per heavy atom. The molecule has 1 N–H and O–H groups in total. The predicted octanol–water partition coefficient (Wildman–Crippen LogP) is 0.222. The van der Waals surface area contributed by atoms with Crippen LogP contribution in [-0.2, 0) is 4.79 Å². The molecule has 2 aliphatic carbocycles. The Morgan fingerprint density at radius 3 is 1.08 bits per heavy atom. The molecule has 0 radical (unpaired) electrons. The van der Waals surface area contributed by atoms with Crippen LogP contribution in [-0.4, -0.2) is 17.7 Å². The zero-order valence-electron chi connectivity index (χ0n) is 22.6. The molecular formula is C32H33Li2O4-. The number of hydrogen-bond donors (Lipinski definition) is 0. The van der Waals surface area contributed by atoms with Crippen LogP contribution < -0.4 is 42.8 Å². The Labute approximate surface area is 250 Å². The first kappa shape index (κ1) is 32.2. The van der Waals surface area contributed by atoms with E-state index in [4.69, 9.17) is 0 Å². The fourth-order valence-corrected chi connectivity index (χ4v) is 6.28. The number of hydrogen-bond acceptors (Lipinski definition) is 4. The molecule has 0 aromatic heterocycles. The summed E-state index contributed by atoms with van der Waals surface area (Å²) in [7, 11) is 0. The van der Waals surface area contributed by atoms with Gasteiger partial charge in [-0.3, -0.25) is 0 Å². The number of aromatic carboxylic acids is 1. The smallest absolute Gasteiger partial charge is 0.870 e. The molecule has 4 nitrogen and oxygen atoms in total. The van der Waals surface area contributed by atoms with E-state index in [-0.39, 0.29) is 48.8 Å². The van der Waals surface area contributed by atoms with Crippen molar-refractivity contribution in [3.05, 3.63) is 106 Å². The zero-order chi connectivity index (χ0) is 24.2. The van der Waals surface area contributed by atoms with Crippen molar-refractivity contribution < 1.29 is 57.9 Å². The average molecular weight is 495 g/mol. The maximum atomic E-state index is 11.0. The fourth-order valence-electron chi connectivity index (χ4n) is 6.28. The molecule has 0 heterocycles. The van der Waals surface area contributed by atoms with Gasteiger partial charge in [-0.1, -0.05) is 54.1 Å². The molecule has 5 rings (SSSR count). The topological polar surface area (TPSA) is 87.2 Å². The Hall–Kier alpha value is -2.05. The van der Waals surface area contributed by atoms with Gasteiger partial charge in [0.05, 0.1) is 12.3 Å². The van der Waals surface area contributed by atoms with E-state index in [1.807, 2.05) is 30.6 Å². The molecular weight excluding hydrogens is 462 g/mol. The molecule has 0 amide bonds. The summed E-state index contributed by atoms with van der Waals surface area (Å²) in [4.78, 5) is 21.8. The second-order valence-corrected chi connectivity index (χ2v) is 10.4. The molecule has 0 unspecified atom stereocenters. The third kappa shape index (κ3) is 7.54. The summed E-state index contributed by atoms with van der Waals surface area (Å²) in [5, 5.41) is 11.0. The van der Waals surface area contributed by atoms with Crippen LogP contribution in [0.4, 0.5) is 0 Å². The van der Waals surface area contributed by atoms with Crippen molar-refractivity contribution in [1.29, 1.82) is 0 Å². The summed E-state index contributed by atoms with van der Waals surface area (Å²) >= 11 is 0. The SMILES string of the molecule is O=[C-]c1ccc(C2CCC(c3ccc(C4CCC(c5ccc(C(=O)[O-])cc5)CC4)cc3)CC2)cc1.[Li+].[Li+].[OH-]. The van der Waals surface area contributed by atoms with Crippen LogP contribution in [0.3, 0.4) is 0 Å². The summed E-state index contributed by atoms with van der Waals surface area (Å²) in [5.74, 6) is 1.26. The van der Waals surface area contributed by atoms with E-state index in [1.54, 1.807) is 12.1 Å². The molecule has 0 bridgehead atoms. The van der Waals surface area contributed by atoms with E-state index in [9.17, 15) is 14.7 Å². The Bertz CT molecular complexity index is 1140. The molecule has 2 fully saturated rings. The normalized spacial score (nSPS) is 22.6. The first-order valence-electron chi connectivity index (χ1n) is 13.0. The minimum Gasteiger partial charge on any atom is -0.870 e. The van der Waals surface area contributed by atoms with Crippen LogP contribution in [0.25, 0.3) is 0 Å². The first-order valence-corrected chi connectivity index (χ1v) is 13.0. The average Bonchev–Trinajstić information content (AvgIpc) is 2.93. The minimum atomic E-state index is -1.11. The van der Waals surface area contributed by atoms with Crippen LogP contribution in [0.1, 0.15) is 113 Å². The standard InChI is InChI=1S/C32H33O3.2Li.H2O/c33-21-22-1-3-23(4-2-22)24-5-7-25(8-6-24)26-9-11-27(12-10-26)28-13-15-29(16-14-28)30-17-19-31(20-18-30)32(34)35;;;/h1-4,9-12,17-20,24-25,28-29H,5-8,13-16H2,(H,34,35);;;1H2/q-1;2*+1;/p-2. The summed E-state index contributed by atoms with van der Waals surface area (Å²) in [6.45, 7) is 0. The van der Waals surface area contributed by atoms with Gasteiger partial charge >= 0.3 is 37.7 Å². The monoisotopic (exact) mass is 495 g/mol. The van der Waals surface area contributed by atoms with Gasteiger partial charge in [-0.25, -0.2) is 0 Å². The van der Waals surface area contributed by atoms with E-state index < -0.39 is 5.97 Å². The van der Waals surface area contributed by atoms with Gasteiger partial charge in [-0.15, -0.1) is 12.1 Å². The van der Waals surface area contributed by atoms with Gasteiger partial charge in [0.1, 0.15) is 0 Å². The van der Waals surface area contributed by atoms with E-state index in [0.717, 1.165) is 12.8 Å². The van der Waals surface area contributed by atoms with Gasteiger partial charge in [0.25, 0.3) is 0 Å². The maximum Gasteiger partial charge on any atom is 1.00 e. The predicted molar refractivity (Wildman–Crippen MR) is 138 cm³/mol. The van der Waals surface area contributed by atoms with Gasteiger partial charge in [0.15, 0.2) is 0 Å². The van der Waals surface area contributed by atoms with Crippen LogP contribution in [0.2, 0.25) is 0 Å². The summed E-state index contributed by atoms with van der Waals surface area (Å²) in [5.41, 5.74) is 6.41. The molecule has 2 saturated carbocycles. The number of benzene rings is 3. The van der Waals surface area contributed by atoms with Gasteiger partial charge in [-0.2, -0.15) is 17.7 Å². The molecule has 38 heavy (non-hydrogen) atoms. The van der Waals surface area contributed by atoms with E-state index in [2.05, 4.69) is 36.4 Å².